The molecule has 0 rings (SSSR count). The van der Waals surface area contributed by atoms with Gasteiger partial charge in [0, 0.05) is 12.2 Å². The highest BCUT2D eigenvalue weighted by Gasteiger charge is 2.04. The predicted octanol–water partition coefficient (Wildman–Crippen LogP) is -2.06. The van der Waals surface area contributed by atoms with Gasteiger partial charge in [0.15, 0.2) is 0 Å². The first-order valence-corrected chi connectivity index (χ1v) is 4.09. The van der Waals surface area contributed by atoms with E-state index in [0.29, 0.717) is 6.08 Å². The average molecular weight is 230 g/mol. The van der Waals surface area contributed by atoms with Gasteiger partial charge in [0.2, 0.25) is 11.8 Å². The van der Waals surface area contributed by atoms with Crippen LogP contribution < -0.4 is 10.6 Å². The van der Waals surface area contributed by atoms with Gasteiger partial charge in [-0.3, -0.25) is 14.4 Å². The highest BCUT2D eigenvalue weighted by Crippen LogP contribution is 1.74. The van der Waals surface area contributed by atoms with Gasteiger partial charge in [0.1, 0.15) is 6.54 Å². The second-order valence-electron chi connectivity index (χ2n) is 2.56. The van der Waals surface area contributed by atoms with E-state index < -0.39 is 36.8 Å². The first kappa shape index (κ1) is 13.6. The first-order chi connectivity index (χ1) is 7.41. The summed E-state index contributed by atoms with van der Waals surface area (Å²) in [6, 6.07) is 0. The van der Waals surface area contributed by atoms with Crippen LogP contribution in [0.25, 0.3) is 0 Å². The molecule has 0 aromatic rings. The third-order valence-corrected chi connectivity index (χ3v) is 1.24. The number of hydrogen-bond donors (Lipinski definition) is 4. The lowest BCUT2D eigenvalue weighted by atomic mass is 10.4. The van der Waals surface area contributed by atoms with Gasteiger partial charge >= 0.3 is 11.9 Å². The van der Waals surface area contributed by atoms with E-state index in [0.717, 1.165) is 6.08 Å². The molecule has 0 heterocycles. The number of rotatable bonds is 6. The normalized spacial score (nSPS) is 9.75. The summed E-state index contributed by atoms with van der Waals surface area (Å²) in [5, 5.41) is 20.5. The summed E-state index contributed by atoms with van der Waals surface area (Å²) in [6.07, 6.45) is 1.36. The van der Waals surface area contributed by atoms with Gasteiger partial charge in [-0.05, 0) is 0 Å². The molecule has 0 saturated carbocycles. The third-order valence-electron chi connectivity index (χ3n) is 1.24. The summed E-state index contributed by atoms with van der Waals surface area (Å²) < 4.78 is 0. The van der Waals surface area contributed by atoms with Gasteiger partial charge in [0.05, 0.1) is 6.54 Å². The van der Waals surface area contributed by atoms with Crippen LogP contribution in [0.3, 0.4) is 0 Å². The summed E-state index contributed by atoms with van der Waals surface area (Å²) >= 11 is 0. The fraction of sp³-hybridized carbons (Fsp3) is 0.250. The largest absolute Gasteiger partial charge is 0.480 e. The van der Waals surface area contributed by atoms with E-state index in [1.807, 2.05) is 5.32 Å². The van der Waals surface area contributed by atoms with Crippen LogP contribution in [0.5, 0.6) is 0 Å². The monoisotopic (exact) mass is 230 g/mol. The number of aliphatic carboxylic acids is 2. The highest BCUT2D eigenvalue weighted by molar-refractivity contribution is 5.95. The summed E-state index contributed by atoms with van der Waals surface area (Å²) in [5.74, 6) is -3.93. The van der Waals surface area contributed by atoms with E-state index >= 15 is 0 Å². The molecule has 88 valence electrons. The quantitative estimate of drug-likeness (QED) is 0.388. The zero-order chi connectivity index (χ0) is 12.6. The van der Waals surface area contributed by atoms with E-state index in [4.69, 9.17) is 10.2 Å². The van der Waals surface area contributed by atoms with Crippen molar-refractivity contribution >= 4 is 23.8 Å². The van der Waals surface area contributed by atoms with Gasteiger partial charge in [-0.2, -0.15) is 0 Å². The topological polar surface area (TPSA) is 133 Å². The first-order valence-electron chi connectivity index (χ1n) is 4.09. The molecule has 0 spiro atoms. The number of carboxylic acids is 2. The van der Waals surface area contributed by atoms with Crippen molar-refractivity contribution in [3.63, 3.8) is 0 Å². The lowest BCUT2D eigenvalue weighted by Gasteiger charge is -2.02. The SMILES string of the molecule is O=C(O)/C=C\C(=O)NCC(=O)NCC(=O)O. The number of nitrogens with one attached hydrogen (secondary N) is 2. The Labute approximate surface area is 89.9 Å². The molecule has 0 radical (unpaired) electrons. The Morgan fingerprint density at radius 2 is 1.56 bits per heavy atom. The van der Waals surface area contributed by atoms with Crippen molar-refractivity contribution in [1.29, 1.82) is 0 Å². The Morgan fingerprint density at radius 1 is 0.938 bits per heavy atom. The van der Waals surface area contributed by atoms with Gasteiger partial charge in [0.25, 0.3) is 0 Å². The molecular weight excluding hydrogens is 220 g/mol. The molecule has 0 aliphatic rings. The molecule has 2 amide bonds. The van der Waals surface area contributed by atoms with Crippen molar-refractivity contribution in [2.45, 2.75) is 0 Å². The molecule has 0 aromatic carbocycles. The Morgan fingerprint density at radius 3 is 2.06 bits per heavy atom. The molecule has 0 unspecified atom stereocenters. The molecule has 0 aliphatic carbocycles. The molecule has 0 fully saturated rings. The van der Waals surface area contributed by atoms with Crippen molar-refractivity contribution in [1.82, 2.24) is 10.6 Å². The van der Waals surface area contributed by atoms with Gasteiger partial charge in [-0.1, -0.05) is 0 Å². The van der Waals surface area contributed by atoms with Crippen molar-refractivity contribution in [2.24, 2.45) is 0 Å². The minimum Gasteiger partial charge on any atom is -0.480 e. The summed E-state index contributed by atoms with van der Waals surface area (Å²) in [5.41, 5.74) is 0. The Hall–Kier alpha value is -2.38. The highest BCUT2D eigenvalue weighted by atomic mass is 16.4. The van der Waals surface area contributed by atoms with Crippen LogP contribution in [0, 0.1) is 0 Å². The third kappa shape index (κ3) is 8.23. The molecule has 0 aromatic heterocycles. The maximum Gasteiger partial charge on any atom is 0.328 e. The lowest BCUT2D eigenvalue weighted by Crippen LogP contribution is -2.38. The fourth-order valence-electron chi connectivity index (χ4n) is 0.610. The van der Waals surface area contributed by atoms with Crippen LogP contribution in [0.15, 0.2) is 12.2 Å². The second-order valence-corrected chi connectivity index (χ2v) is 2.56. The van der Waals surface area contributed by atoms with Crippen molar-refractivity contribution in [3.05, 3.63) is 12.2 Å². The molecule has 4 N–H and O–H groups in total. The van der Waals surface area contributed by atoms with Crippen LogP contribution >= 0.6 is 0 Å². The van der Waals surface area contributed by atoms with Crippen molar-refractivity contribution in [2.75, 3.05) is 13.1 Å². The minimum absolute atomic E-state index is 0.421. The van der Waals surface area contributed by atoms with E-state index in [1.54, 1.807) is 0 Å². The number of carboxylic acid groups (broad SMARTS) is 2. The van der Waals surface area contributed by atoms with Gasteiger partial charge < -0.3 is 20.8 Å². The van der Waals surface area contributed by atoms with Crippen LogP contribution in [-0.2, 0) is 19.2 Å². The van der Waals surface area contributed by atoms with Crippen molar-refractivity contribution < 1.29 is 29.4 Å². The smallest absolute Gasteiger partial charge is 0.328 e. The Balaban J connectivity index is 3.79. The summed E-state index contributed by atoms with van der Waals surface area (Å²) in [7, 11) is 0. The van der Waals surface area contributed by atoms with Crippen molar-refractivity contribution in [3.8, 4) is 0 Å². The van der Waals surface area contributed by atoms with Crippen LogP contribution in [0.4, 0.5) is 0 Å². The van der Waals surface area contributed by atoms with E-state index in [1.165, 1.54) is 0 Å². The number of carbonyl (C=O) groups is 4. The Bertz CT molecular complexity index is 335. The number of carbonyl (C=O) groups excluding carboxylic acids is 2. The number of amides is 2. The van der Waals surface area contributed by atoms with Crippen LogP contribution in [0.1, 0.15) is 0 Å². The molecule has 0 saturated heterocycles. The van der Waals surface area contributed by atoms with E-state index in [9.17, 15) is 19.2 Å². The molecule has 0 atom stereocenters. The zero-order valence-corrected chi connectivity index (χ0v) is 8.10. The van der Waals surface area contributed by atoms with Crippen LogP contribution in [0.2, 0.25) is 0 Å². The lowest BCUT2D eigenvalue weighted by molar-refractivity contribution is -0.137. The molecule has 0 bridgehead atoms. The molecule has 0 aliphatic heterocycles. The maximum absolute atomic E-state index is 10.9. The molecular formula is C8H10N2O6. The average Bonchev–Trinajstić information content (AvgIpc) is 2.20. The fourth-order valence-corrected chi connectivity index (χ4v) is 0.610. The zero-order valence-electron chi connectivity index (χ0n) is 8.10. The van der Waals surface area contributed by atoms with E-state index in [-0.39, 0.29) is 0 Å². The summed E-state index contributed by atoms with van der Waals surface area (Å²) in [6.45, 7) is -0.963. The Kier molecular flexibility index (Phi) is 5.95. The predicted molar refractivity (Wildman–Crippen MR) is 50.4 cm³/mol. The standard InChI is InChI=1S/C8H10N2O6/c11-5(1-2-7(13)14)9-3-6(12)10-4-8(15)16/h1-2H,3-4H2,(H,9,11)(H,10,12)(H,13,14)(H,15,16)/b2-1-. The molecule has 16 heavy (non-hydrogen) atoms. The molecule has 8 heteroatoms. The van der Waals surface area contributed by atoms with E-state index in [2.05, 4.69) is 5.32 Å². The summed E-state index contributed by atoms with van der Waals surface area (Å²) in [4.78, 5) is 41.7. The van der Waals surface area contributed by atoms with Gasteiger partial charge in [-0.15, -0.1) is 0 Å². The minimum atomic E-state index is -1.29. The van der Waals surface area contributed by atoms with Gasteiger partial charge in [-0.25, -0.2) is 4.79 Å². The maximum atomic E-state index is 10.9. The van der Waals surface area contributed by atoms with Crippen LogP contribution in [-0.4, -0.2) is 47.1 Å². The molecule has 8 nitrogen and oxygen atoms in total. The second kappa shape index (κ2) is 6.98. The number of hydrogen-bond acceptors (Lipinski definition) is 4.